The number of anilines is 3. The van der Waals surface area contributed by atoms with Gasteiger partial charge >= 0.3 is 0 Å². The minimum Gasteiger partial charge on any atom is -0.435 e. The van der Waals surface area contributed by atoms with Crippen molar-refractivity contribution in [2.24, 2.45) is 0 Å². The van der Waals surface area contributed by atoms with Gasteiger partial charge in [-0.2, -0.15) is 0 Å². The van der Waals surface area contributed by atoms with E-state index in [-0.39, 0.29) is 0 Å². The Balaban J connectivity index is 1.15. The van der Waals surface area contributed by atoms with Crippen molar-refractivity contribution in [3.05, 3.63) is 206 Å². The third kappa shape index (κ3) is 5.60. The first kappa shape index (κ1) is 31.5. The molecule has 3 nitrogen and oxygen atoms in total. The molecule has 10 rings (SSSR count). The molecule has 0 spiro atoms. The number of hydrogen-bond donors (Lipinski definition) is 0. The van der Waals surface area contributed by atoms with Crippen LogP contribution in [0.4, 0.5) is 17.1 Å². The first-order chi connectivity index (χ1) is 26.8. The zero-order valence-corrected chi connectivity index (χ0v) is 29.4. The quantitative estimate of drug-likeness (QED) is 0.167. The van der Waals surface area contributed by atoms with Crippen LogP contribution in [0.15, 0.2) is 211 Å². The minimum absolute atomic E-state index is 0.619. The van der Waals surface area contributed by atoms with Crippen LogP contribution in [-0.4, -0.2) is 4.98 Å². The molecule has 1 aromatic heterocycles. The van der Waals surface area contributed by atoms with Crippen LogP contribution in [-0.2, 0) is 0 Å². The number of para-hydroxylation sites is 1. The van der Waals surface area contributed by atoms with Crippen LogP contribution < -0.4 is 4.90 Å². The van der Waals surface area contributed by atoms with Gasteiger partial charge in [0.05, 0.1) is 5.69 Å². The van der Waals surface area contributed by atoms with Crippen LogP contribution in [0.2, 0.25) is 0 Å². The molecule has 0 saturated carbocycles. The fourth-order valence-electron chi connectivity index (χ4n) is 7.71. The van der Waals surface area contributed by atoms with Crippen LogP contribution in [0.5, 0.6) is 0 Å². The highest BCUT2D eigenvalue weighted by molar-refractivity contribution is 6.06. The second kappa shape index (κ2) is 13.4. The van der Waals surface area contributed by atoms with Crippen LogP contribution in [0.3, 0.4) is 0 Å². The maximum atomic E-state index is 6.52. The third-order valence-electron chi connectivity index (χ3n) is 10.3. The monoisotopic (exact) mass is 690 g/mol. The van der Waals surface area contributed by atoms with Gasteiger partial charge in [0.25, 0.3) is 0 Å². The van der Waals surface area contributed by atoms with Gasteiger partial charge in [-0.25, -0.2) is 4.98 Å². The van der Waals surface area contributed by atoms with E-state index in [0.29, 0.717) is 5.89 Å². The number of rotatable bonds is 7. The van der Waals surface area contributed by atoms with Crippen LogP contribution in [0.25, 0.3) is 77.5 Å². The molecule has 0 N–H and O–H groups in total. The summed E-state index contributed by atoms with van der Waals surface area (Å²) in [5, 5.41) is 4.59. The van der Waals surface area contributed by atoms with Gasteiger partial charge in [0.2, 0.25) is 5.89 Å². The lowest BCUT2D eigenvalue weighted by Gasteiger charge is -2.28. The first-order valence-electron chi connectivity index (χ1n) is 18.3. The van der Waals surface area contributed by atoms with E-state index in [9.17, 15) is 0 Å². The number of nitrogens with zero attached hydrogens (tertiary/aromatic N) is 2. The van der Waals surface area contributed by atoms with Gasteiger partial charge in [-0.1, -0.05) is 158 Å². The van der Waals surface area contributed by atoms with Gasteiger partial charge in [-0.15, -0.1) is 0 Å². The lowest BCUT2D eigenvalue weighted by Crippen LogP contribution is -2.11. The third-order valence-corrected chi connectivity index (χ3v) is 10.3. The van der Waals surface area contributed by atoms with Crippen molar-refractivity contribution in [1.29, 1.82) is 0 Å². The lowest BCUT2D eigenvalue weighted by molar-refractivity contribution is 0.623. The Morgan fingerprint density at radius 2 is 0.963 bits per heavy atom. The molecule has 0 aliphatic carbocycles. The van der Waals surface area contributed by atoms with Crippen molar-refractivity contribution >= 4 is 49.7 Å². The molecule has 3 heteroatoms. The topological polar surface area (TPSA) is 29.3 Å². The van der Waals surface area contributed by atoms with Crippen LogP contribution >= 0.6 is 0 Å². The summed E-state index contributed by atoms with van der Waals surface area (Å²) in [5.41, 5.74) is 12.9. The van der Waals surface area contributed by atoms with Crippen molar-refractivity contribution in [3.63, 3.8) is 0 Å². The summed E-state index contributed by atoms with van der Waals surface area (Å²) in [4.78, 5) is 7.24. The molecule has 0 unspecified atom stereocenters. The van der Waals surface area contributed by atoms with Gasteiger partial charge in [0.1, 0.15) is 5.52 Å². The number of hydrogen-bond acceptors (Lipinski definition) is 3. The predicted octanol–water partition coefficient (Wildman–Crippen LogP) is 14.3. The molecular weight excluding hydrogens is 657 g/mol. The molecular formula is C51H34N2O. The highest BCUT2D eigenvalue weighted by Crippen LogP contribution is 2.44. The minimum atomic E-state index is 0.619. The molecule has 0 aliphatic rings. The molecule has 0 bridgehead atoms. The molecule has 0 radical (unpaired) electrons. The van der Waals surface area contributed by atoms with E-state index >= 15 is 0 Å². The smallest absolute Gasteiger partial charge is 0.227 e. The number of fused-ring (bicyclic) bond motifs is 4. The fraction of sp³-hybridized carbons (Fsp3) is 0. The SMILES string of the molecule is c1ccc(-c2nc3ccc4ccc(N(c5ccc(-c6ccc7ccccc7c6-c6ccccc6)cc5)c5ccccc5-c5ccccc5)cc4c3o2)cc1. The van der Waals surface area contributed by atoms with E-state index in [1.54, 1.807) is 0 Å². The maximum absolute atomic E-state index is 6.52. The molecule has 0 aliphatic heterocycles. The van der Waals surface area contributed by atoms with Crippen molar-refractivity contribution in [2.75, 3.05) is 4.90 Å². The predicted molar refractivity (Wildman–Crippen MR) is 225 cm³/mol. The van der Waals surface area contributed by atoms with E-state index in [0.717, 1.165) is 61.2 Å². The Labute approximate surface area is 314 Å². The van der Waals surface area contributed by atoms with E-state index in [2.05, 4.69) is 175 Å². The molecule has 254 valence electrons. The molecule has 0 fully saturated rings. The average molecular weight is 691 g/mol. The normalized spacial score (nSPS) is 11.3. The van der Waals surface area contributed by atoms with Crippen LogP contribution in [0.1, 0.15) is 0 Å². The molecule has 9 aromatic carbocycles. The van der Waals surface area contributed by atoms with E-state index in [4.69, 9.17) is 9.40 Å². The second-order valence-electron chi connectivity index (χ2n) is 13.5. The lowest BCUT2D eigenvalue weighted by atomic mass is 9.89. The fourth-order valence-corrected chi connectivity index (χ4v) is 7.71. The van der Waals surface area contributed by atoms with Crippen molar-refractivity contribution in [1.82, 2.24) is 4.98 Å². The van der Waals surface area contributed by atoms with E-state index in [1.165, 1.54) is 27.5 Å². The number of benzene rings is 9. The molecule has 1 heterocycles. The Kier molecular flexibility index (Phi) is 7.81. The second-order valence-corrected chi connectivity index (χ2v) is 13.5. The summed E-state index contributed by atoms with van der Waals surface area (Å²) in [7, 11) is 0. The number of aromatic nitrogens is 1. The van der Waals surface area contributed by atoms with Gasteiger partial charge in [0.15, 0.2) is 5.58 Å². The summed E-state index contributed by atoms with van der Waals surface area (Å²) in [5.74, 6) is 0.619. The zero-order chi connectivity index (χ0) is 35.8. The zero-order valence-electron chi connectivity index (χ0n) is 29.4. The molecule has 0 saturated heterocycles. The largest absolute Gasteiger partial charge is 0.435 e. The first-order valence-corrected chi connectivity index (χ1v) is 18.3. The van der Waals surface area contributed by atoms with Gasteiger partial charge in [-0.3, -0.25) is 0 Å². The summed E-state index contributed by atoms with van der Waals surface area (Å²) in [6.45, 7) is 0. The standard InChI is InChI=1S/C51H34N2O/c1-4-14-35(15-5-1)43-21-12-13-23-48(43)53(42-31-26-38-28-33-47-50(46(38)34-42)54-51(52-47)40-19-8-3-9-20-40)41-29-24-37(25-30-41)45-32-27-36-16-10-11-22-44(36)49(45)39-17-6-2-7-18-39/h1-34H. The Morgan fingerprint density at radius 3 is 1.74 bits per heavy atom. The Bertz CT molecular complexity index is 2920. The summed E-state index contributed by atoms with van der Waals surface area (Å²) in [6.07, 6.45) is 0. The highest BCUT2D eigenvalue weighted by atomic mass is 16.3. The van der Waals surface area contributed by atoms with Crippen molar-refractivity contribution < 1.29 is 4.42 Å². The van der Waals surface area contributed by atoms with Gasteiger partial charge < -0.3 is 9.32 Å². The summed E-state index contributed by atoms with van der Waals surface area (Å²) in [6, 6.07) is 73.0. The molecule has 0 amide bonds. The van der Waals surface area contributed by atoms with E-state index in [1.807, 2.05) is 36.4 Å². The van der Waals surface area contributed by atoms with E-state index < -0.39 is 0 Å². The van der Waals surface area contributed by atoms with Crippen molar-refractivity contribution in [3.8, 4) is 44.8 Å². The highest BCUT2D eigenvalue weighted by Gasteiger charge is 2.20. The molecule has 0 atom stereocenters. The molecule has 10 aromatic rings. The average Bonchev–Trinajstić information content (AvgIpc) is 3.70. The summed E-state index contributed by atoms with van der Waals surface area (Å²) >= 11 is 0. The number of oxazole rings is 1. The maximum Gasteiger partial charge on any atom is 0.227 e. The molecule has 54 heavy (non-hydrogen) atoms. The summed E-state index contributed by atoms with van der Waals surface area (Å²) < 4.78 is 6.52. The van der Waals surface area contributed by atoms with Gasteiger partial charge in [-0.05, 0) is 92.5 Å². The Morgan fingerprint density at radius 1 is 0.389 bits per heavy atom. The van der Waals surface area contributed by atoms with Crippen LogP contribution in [0, 0.1) is 0 Å². The van der Waals surface area contributed by atoms with Gasteiger partial charge in [0, 0.05) is 27.9 Å². The Hall–Kier alpha value is -7.23. The van der Waals surface area contributed by atoms with Crippen molar-refractivity contribution in [2.45, 2.75) is 0 Å².